The molecule has 0 radical (unpaired) electrons. The summed E-state index contributed by atoms with van der Waals surface area (Å²) in [6.07, 6.45) is 3.98. The second-order valence-electron chi connectivity index (χ2n) is 4.56. The van der Waals surface area contributed by atoms with Crippen LogP contribution in [0.4, 0.5) is 5.69 Å². The molecule has 68 valence electrons. The molecule has 2 heterocycles. The number of rotatable bonds is 0. The number of hydrogen-bond acceptors (Lipinski definition) is 1. The van der Waals surface area contributed by atoms with Crippen molar-refractivity contribution < 1.29 is 0 Å². The van der Waals surface area contributed by atoms with Crippen molar-refractivity contribution in [3.63, 3.8) is 0 Å². The van der Waals surface area contributed by atoms with E-state index in [1.165, 1.54) is 31.5 Å². The van der Waals surface area contributed by atoms with E-state index in [0.717, 1.165) is 0 Å². The van der Waals surface area contributed by atoms with E-state index >= 15 is 0 Å². The molecule has 0 spiro atoms. The molecule has 0 aliphatic carbocycles. The average Bonchev–Trinajstić information content (AvgIpc) is 2.58. The van der Waals surface area contributed by atoms with Gasteiger partial charge in [0.15, 0.2) is 0 Å². The Morgan fingerprint density at radius 1 is 1.31 bits per heavy atom. The summed E-state index contributed by atoms with van der Waals surface area (Å²) in [4.78, 5) is 2.60. The third-order valence-electron chi connectivity index (χ3n) is 3.60. The van der Waals surface area contributed by atoms with Gasteiger partial charge in [-0.3, -0.25) is 0 Å². The Hall–Kier alpha value is -0.980. The van der Waals surface area contributed by atoms with Gasteiger partial charge >= 0.3 is 0 Å². The molecule has 1 aromatic rings. The summed E-state index contributed by atoms with van der Waals surface area (Å²) in [5.74, 6) is 0. The summed E-state index contributed by atoms with van der Waals surface area (Å²) in [7, 11) is 0. The van der Waals surface area contributed by atoms with Gasteiger partial charge in [0.1, 0.15) is 0 Å². The van der Waals surface area contributed by atoms with Crippen molar-refractivity contribution in [2.45, 2.75) is 31.7 Å². The first-order valence-corrected chi connectivity index (χ1v) is 5.15. The van der Waals surface area contributed by atoms with E-state index in [-0.39, 0.29) is 0 Å². The maximum Gasteiger partial charge on any atom is 0.0415 e. The topological polar surface area (TPSA) is 3.24 Å². The molecule has 1 unspecified atom stereocenters. The smallest absolute Gasteiger partial charge is 0.0415 e. The van der Waals surface area contributed by atoms with Crippen molar-refractivity contribution in [1.29, 1.82) is 0 Å². The summed E-state index contributed by atoms with van der Waals surface area (Å²) >= 11 is 0. The average molecular weight is 173 g/mol. The molecule has 0 saturated carbocycles. The Morgan fingerprint density at radius 3 is 3.08 bits per heavy atom. The van der Waals surface area contributed by atoms with Gasteiger partial charge in [0.25, 0.3) is 0 Å². The lowest BCUT2D eigenvalue weighted by Gasteiger charge is -2.29. The molecule has 1 atom stereocenters. The minimum absolute atomic E-state index is 0.448. The van der Waals surface area contributed by atoms with Crippen LogP contribution in [-0.2, 0) is 6.42 Å². The fourth-order valence-electron chi connectivity index (χ4n) is 2.95. The molecule has 1 heteroatoms. The molecule has 2 aliphatic rings. The van der Waals surface area contributed by atoms with Crippen LogP contribution in [0.1, 0.15) is 25.3 Å². The molecule has 3 rings (SSSR count). The van der Waals surface area contributed by atoms with Gasteiger partial charge < -0.3 is 4.90 Å². The quantitative estimate of drug-likeness (QED) is 0.583. The van der Waals surface area contributed by atoms with Crippen molar-refractivity contribution in [3.05, 3.63) is 29.8 Å². The minimum Gasteiger partial charge on any atom is -0.366 e. The van der Waals surface area contributed by atoms with Crippen molar-refractivity contribution in [2.24, 2.45) is 0 Å². The lowest BCUT2D eigenvalue weighted by atomic mass is 9.95. The molecule has 13 heavy (non-hydrogen) atoms. The molecule has 0 N–H and O–H groups in total. The summed E-state index contributed by atoms with van der Waals surface area (Å²) in [5, 5.41) is 0. The fourth-order valence-corrected chi connectivity index (χ4v) is 2.95. The van der Waals surface area contributed by atoms with E-state index in [4.69, 9.17) is 0 Å². The van der Waals surface area contributed by atoms with Gasteiger partial charge in [0.2, 0.25) is 0 Å². The van der Waals surface area contributed by atoms with Crippen LogP contribution in [0.5, 0.6) is 0 Å². The molecule has 0 amide bonds. The molecular weight excluding hydrogens is 158 g/mol. The van der Waals surface area contributed by atoms with Gasteiger partial charge in [0.05, 0.1) is 0 Å². The van der Waals surface area contributed by atoms with E-state index in [1.807, 2.05) is 0 Å². The monoisotopic (exact) mass is 173 g/mol. The zero-order valence-corrected chi connectivity index (χ0v) is 8.09. The summed E-state index contributed by atoms with van der Waals surface area (Å²) in [5.41, 5.74) is 3.48. The SMILES string of the molecule is CC12CCCN1c1ccccc1C2. The molecule has 1 aromatic carbocycles. The number of hydrogen-bond donors (Lipinski definition) is 0. The maximum absolute atomic E-state index is 2.60. The highest BCUT2D eigenvalue weighted by molar-refractivity contribution is 5.62. The summed E-state index contributed by atoms with van der Waals surface area (Å²) in [6, 6.07) is 8.86. The molecule has 0 aromatic heterocycles. The Labute approximate surface area is 79.4 Å². The molecular formula is C12H15N. The van der Waals surface area contributed by atoms with Crippen LogP contribution in [0.25, 0.3) is 0 Å². The number of para-hydroxylation sites is 1. The van der Waals surface area contributed by atoms with E-state index in [2.05, 4.69) is 36.1 Å². The summed E-state index contributed by atoms with van der Waals surface area (Å²) < 4.78 is 0. The van der Waals surface area contributed by atoms with E-state index in [0.29, 0.717) is 5.54 Å². The zero-order chi connectivity index (χ0) is 8.89. The predicted molar refractivity (Wildman–Crippen MR) is 55.1 cm³/mol. The minimum atomic E-state index is 0.448. The van der Waals surface area contributed by atoms with Gasteiger partial charge in [-0.05, 0) is 37.8 Å². The number of nitrogens with zero attached hydrogens (tertiary/aromatic N) is 1. The highest BCUT2D eigenvalue weighted by atomic mass is 15.2. The normalized spacial score (nSPS) is 30.4. The van der Waals surface area contributed by atoms with Crippen molar-refractivity contribution in [3.8, 4) is 0 Å². The third-order valence-corrected chi connectivity index (χ3v) is 3.60. The Kier molecular flexibility index (Phi) is 1.30. The Morgan fingerprint density at radius 2 is 2.15 bits per heavy atom. The molecule has 2 aliphatic heterocycles. The second-order valence-corrected chi connectivity index (χ2v) is 4.56. The van der Waals surface area contributed by atoms with Gasteiger partial charge in [-0.15, -0.1) is 0 Å². The van der Waals surface area contributed by atoms with E-state index in [9.17, 15) is 0 Å². The van der Waals surface area contributed by atoms with Crippen LogP contribution in [0.3, 0.4) is 0 Å². The number of anilines is 1. The summed E-state index contributed by atoms with van der Waals surface area (Å²) in [6.45, 7) is 3.66. The zero-order valence-electron chi connectivity index (χ0n) is 8.09. The first-order chi connectivity index (χ1) is 6.30. The molecule has 0 bridgehead atoms. The third kappa shape index (κ3) is 0.874. The predicted octanol–water partition coefficient (Wildman–Crippen LogP) is 2.60. The van der Waals surface area contributed by atoms with E-state index < -0.39 is 0 Å². The highest BCUT2D eigenvalue weighted by Crippen LogP contribution is 2.44. The van der Waals surface area contributed by atoms with Gasteiger partial charge in [0, 0.05) is 17.8 Å². The van der Waals surface area contributed by atoms with Crippen molar-refractivity contribution >= 4 is 5.69 Å². The standard InChI is InChI=1S/C12H15N/c1-12-7-4-8-13(12)11-6-3-2-5-10(11)9-12/h2-3,5-6H,4,7-9H2,1H3. The van der Waals surface area contributed by atoms with Crippen LogP contribution >= 0.6 is 0 Å². The molecule has 1 saturated heterocycles. The Bertz CT molecular complexity index is 345. The first-order valence-electron chi connectivity index (χ1n) is 5.15. The van der Waals surface area contributed by atoms with Crippen LogP contribution in [0.15, 0.2) is 24.3 Å². The second kappa shape index (κ2) is 2.28. The lowest BCUT2D eigenvalue weighted by molar-refractivity contribution is 0.492. The van der Waals surface area contributed by atoms with Crippen LogP contribution < -0.4 is 4.90 Å². The van der Waals surface area contributed by atoms with Gasteiger partial charge in [-0.25, -0.2) is 0 Å². The lowest BCUT2D eigenvalue weighted by Crippen LogP contribution is -2.37. The Balaban J connectivity index is 2.13. The van der Waals surface area contributed by atoms with Crippen LogP contribution in [0.2, 0.25) is 0 Å². The van der Waals surface area contributed by atoms with Crippen LogP contribution in [0, 0.1) is 0 Å². The largest absolute Gasteiger partial charge is 0.366 e. The van der Waals surface area contributed by atoms with Crippen molar-refractivity contribution in [1.82, 2.24) is 0 Å². The fraction of sp³-hybridized carbons (Fsp3) is 0.500. The van der Waals surface area contributed by atoms with E-state index in [1.54, 1.807) is 5.56 Å². The van der Waals surface area contributed by atoms with Crippen LogP contribution in [-0.4, -0.2) is 12.1 Å². The van der Waals surface area contributed by atoms with Gasteiger partial charge in [-0.1, -0.05) is 18.2 Å². The van der Waals surface area contributed by atoms with Gasteiger partial charge in [-0.2, -0.15) is 0 Å². The number of fused-ring (bicyclic) bond motifs is 3. The number of benzene rings is 1. The van der Waals surface area contributed by atoms with Crippen molar-refractivity contribution in [2.75, 3.05) is 11.4 Å². The maximum atomic E-state index is 2.60. The first kappa shape index (κ1) is 7.43. The molecule has 1 nitrogen and oxygen atoms in total. The molecule has 1 fully saturated rings. The highest BCUT2D eigenvalue weighted by Gasteiger charge is 2.42.